The van der Waals surface area contributed by atoms with Crippen LogP contribution in [0.5, 0.6) is 0 Å². The van der Waals surface area contributed by atoms with Gasteiger partial charge < -0.3 is 10.2 Å². The summed E-state index contributed by atoms with van der Waals surface area (Å²) in [6.45, 7) is 1.70. The predicted molar refractivity (Wildman–Crippen MR) is 104 cm³/mol. The van der Waals surface area contributed by atoms with Crippen molar-refractivity contribution in [3.8, 4) is 0 Å². The topological polar surface area (TPSA) is 49.4 Å². The van der Waals surface area contributed by atoms with Crippen molar-refractivity contribution >= 4 is 11.8 Å². The molecule has 27 heavy (non-hydrogen) atoms. The molecule has 144 valence electrons. The summed E-state index contributed by atoms with van der Waals surface area (Å²) in [5.74, 6) is 2.37. The Morgan fingerprint density at radius 2 is 1.48 bits per heavy atom. The van der Waals surface area contributed by atoms with Crippen LogP contribution in [0.4, 0.5) is 0 Å². The normalized spacial score (nSPS) is 35.3. The predicted octanol–water partition coefficient (Wildman–Crippen LogP) is 3.62. The fraction of sp³-hybridized carbons (Fsp3) is 0.652. The molecule has 6 rings (SSSR count). The highest BCUT2D eigenvalue weighted by molar-refractivity contribution is 5.97. The summed E-state index contributed by atoms with van der Waals surface area (Å²) in [7, 11) is 0. The molecular formula is C23H30N2O2. The SMILES string of the molecule is O=C(N[C@@H](C(=O)N1CCCC1)C12CC3CC(CC(C3)C1)C2)c1ccccc1. The molecule has 1 aliphatic heterocycles. The molecular weight excluding hydrogens is 336 g/mol. The first-order chi connectivity index (χ1) is 13.1. The molecule has 4 saturated carbocycles. The summed E-state index contributed by atoms with van der Waals surface area (Å²) in [4.78, 5) is 28.5. The number of rotatable bonds is 4. The number of likely N-dealkylation sites (tertiary alicyclic amines) is 1. The number of nitrogens with one attached hydrogen (secondary N) is 1. The van der Waals surface area contributed by atoms with Gasteiger partial charge in [0.05, 0.1) is 0 Å². The lowest BCUT2D eigenvalue weighted by Gasteiger charge is -2.59. The van der Waals surface area contributed by atoms with Crippen LogP contribution < -0.4 is 5.32 Å². The highest BCUT2D eigenvalue weighted by atomic mass is 16.2. The fourth-order valence-electron chi connectivity index (χ4n) is 6.93. The van der Waals surface area contributed by atoms with Crippen molar-refractivity contribution in [2.24, 2.45) is 23.2 Å². The van der Waals surface area contributed by atoms with E-state index < -0.39 is 0 Å². The molecule has 4 heteroatoms. The average Bonchev–Trinajstić information content (AvgIpc) is 3.20. The maximum atomic E-state index is 13.5. The molecule has 5 aliphatic rings. The van der Waals surface area contributed by atoms with Gasteiger partial charge in [0.25, 0.3) is 5.91 Å². The van der Waals surface area contributed by atoms with Crippen molar-refractivity contribution in [3.05, 3.63) is 35.9 Å². The van der Waals surface area contributed by atoms with Crippen molar-refractivity contribution in [3.63, 3.8) is 0 Å². The van der Waals surface area contributed by atoms with Gasteiger partial charge >= 0.3 is 0 Å². The largest absolute Gasteiger partial charge is 0.341 e. The molecule has 1 atom stereocenters. The van der Waals surface area contributed by atoms with E-state index in [1.165, 1.54) is 19.3 Å². The van der Waals surface area contributed by atoms with Gasteiger partial charge in [0.2, 0.25) is 5.91 Å². The second-order valence-corrected chi connectivity index (χ2v) is 9.58. The Hall–Kier alpha value is -1.84. The van der Waals surface area contributed by atoms with Crippen molar-refractivity contribution in [2.45, 2.75) is 57.4 Å². The monoisotopic (exact) mass is 366 g/mol. The van der Waals surface area contributed by atoms with Crippen LogP contribution >= 0.6 is 0 Å². The standard InChI is InChI=1S/C23H30N2O2/c26-21(19-6-2-1-3-7-19)24-20(22(27)25-8-4-5-9-25)23-13-16-10-17(14-23)12-18(11-16)15-23/h1-3,6-7,16-18,20H,4-5,8-15H2,(H,24,26)/t16?,17?,18?,20-,23?/m0/s1. The Balaban J connectivity index is 1.45. The summed E-state index contributed by atoms with van der Waals surface area (Å²) in [5, 5.41) is 3.24. The van der Waals surface area contributed by atoms with Crippen LogP contribution in [-0.2, 0) is 4.79 Å². The van der Waals surface area contributed by atoms with Crippen LogP contribution in [0.1, 0.15) is 61.7 Å². The molecule has 0 spiro atoms. The number of benzene rings is 1. The first-order valence-electron chi connectivity index (χ1n) is 10.8. The molecule has 0 unspecified atom stereocenters. The van der Waals surface area contributed by atoms with Crippen LogP contribution in [0, 0.1) is 23.2 Å². The third-order valence-corrected chi connectivity index (χ3v) is 7.67. The van der Waals surface area contributed by atoms with Gasteiger partial charge in [-0.1, -0.05) is 18.2 Å². The molecule has 0 aromatic heterocycles. The van der Waals surface area contributed by atoms with Crippen LogP contribution in [0.15, 0.2) is 30.3 Å². The van der Waals surface area contributed by atoms with Crippen molar-refractivity contribution in [2.75, 3.05) is 13.1 Å². The van der Waals surface area contributed by atoms with Crippen LogP contribution in [0.3, 0.4) is 0 Å². The molecule has 4 nitrogen and oxygen atoms in total. The van der Waals surface area contributed by atoms with E-state index in [1.54, 1.807) is 0 Å². The second kappa shape index (κ2) is 6.65. The zero-order chi connectivity index (χ0) is 18.4. The number of hydrogen-bond acceptors (Lipinski definition) is 2. The van der Waals surface area contributed by atoms with Gasteiger partial charge in [0.1, 0.15) is 6.04 Å². The van der Waals surface area contributed by atoms with Gasteiger partial charge in [0, 0.05) is 24.1 Å². The van der Waals surface area contributed by atoms with Gasteiger partial charge in [0.15, 0.2) is 0 Å². The molecule has 1 aromatic rings. The lowest BCUT2D eigenvalue weighted by Crippen LogP contribution is -2.62. The average molecular weight is 367 g/mol. The van der Waals surface area contributed by atoms with E-state index in [9.17, 15) is 9.59 Å². The number of amides is 2. The molecule has 1 aromatic carbocycles. The zero-order valence-corrected chi connectivity index (χ0v) is 16.0. The lowest BCUT2D eigenvalue weighted by atomic mass is 9.47. The molecule has 5 fully saturated rings. The number of nitrogens with zero attached hydrogens (tertiary/aromatic N) is 1. The maximum absolute atomic E-state index is 13.5. The maximum Gasteiger partial charge on any atom is 0.251 e. The number of hydrogen-bond donors (Lipinski definition) is 1. The number of carbonyl (C=O) groups excluding carboxylic acids is 2. The minimum atomic E-state index is -0.350. The molecule has 1 N–H and O–H groups in total. The zero-order valence-electron chi connectivity index (χ0n) is 16.0. The van der Waals surface area contributed by atoms with E-state index in [0.717, 1.165) is 62.9 Å². The van der Waals surface area contributed by atoms with E-state index in [4.69, 9.17) is 0 Å². The van der Waals surface area contributed by atoms with Crippen LogP contribution in [-0.4, -0.2) is 35.8 Å². The first-order valence-corrected chi connectivity index (χ1v) is 10.8. The van der Waals surface area contributed by atoms with Crippen molar-refractivity contribution in [1.82, 2.24) is 10.2 Å². The Bertz CT molecular complexity index is 688. The van der Waals surface area contributed by atoms with Gasteiger partial charge in [-0.25, -0.2) is 0 Å². The third-order valence-electron chi connectivity index (χ3n) is 7.67. The van der Waals surface area contributed by atoms with Gasteiger partial charge in [-0.2, -0.15) is 0 Å². The second-order valence-electron chi connectivity index (χ2n) is 9.58. The van der Waals surface area contributed by atoms with Crippen LogP contribution in [0.2, 0.25) is 0 Å². The van der Waals surface area contributed by atoms with Crippen molar-refractivity contribution in [1.29, 1.82) is 0 Å². The van der Waals surface area contributed by atoms with Crippen LogP contribution in [0.25, 0.3) is 0 Å². The summed E-state index contributed by atoms with van der Waals surface area (Å²) in [6, 6.07) is 9.02. The smallest absolute Gasteiger partial charge is 0.251 e. The van der Waals surface area contributed by atoms with E-state index in [0.29, 0.717) is 5.56 Å². The van der Waals surface area contributed by atoms with E-state index in [1.807, 2.05) is 35.2 Å². The number of carbonyl (C=O) groups is 2. The van der Waals surface area contributed by atoms with E-state index in [-0.39, 0.29) is 23.3 Å². The van der Waals surface area contributed by atoms with Gasteiger partial charge in [-0.15, -0.1) is 0 Å². The third kappa shape index (κ3) is 3.07. The minimum Gasteiger partial charge on any atom is -0.341 e. The summed E-state index contributed by atoms with van der Waals surface area (Å²) in [6.07, 6.45) is 9.58. The summed E-state index contributed by atoms with van der Waals surface area (Å²) < 4.78 is 0. The Morgan fingerprint density at radius 1 is 0.926 bits per heavy atom. The van der Waals surface area contributed by atoms with Gasteiger partial charge in [-0.3, -0.25) is 9.59 Å². The summed E-state index contributed by atoms with van der Waals surface area (Å²) >= 11 is 0. The molecule has 1 saturated heterocycles. The minimum absolute atomic E-state index is 0.0150. The summed E-state index contributed by atoms with van der Waals surface area (Å²) in [5.41, 5.74) is 0.639. The van der Waals surface area contributed by atoms with E-state index >= 15 is 0 Å². The highest BCUT2D eigenvalue weighted by Gasteiger charge is 2.57. The fourth-order valence-corrected chi connectivity index (χ4v) is 6.93. The van der Waals surface area contributed by atoms with E-state index in [2.05, 4.69) is 5.32 Å². The molecule has 1 heterocycles. The lowest BCUT2D eigenvalue weighted by molar-refractivity contribution is -0.143. The first kappa shape index (κ1) is 17.3. The Morgan fingerprint density at radius 3 is 2.04 bits per heavy atom. The molecule has 2 amide bonds. The quantitative estimate of drug-likeness (QED) is 0.885. The highest BCUT2D eigenvalue weighted by Crippen LogP contribution is 2.61. The molecule has 4 aliphatic carbocycles. The molecule has 4 bridgehead atoms. The molecule has 0 radical (unpaired) electrons. The van der Waals surface area contributed by atoms with Crippen molar-refractivity contribution < 1.29 is 9.59 Å². The van der Waals surface area contributed by atoms with Gasteiger partial charge in [-0.05, 0) is 81.3 Å². The Kier molecular flexibility index (Phi) is 4.25. The Labute approximate surface area is 161 Å².